The molecule has 122 valence electrons. The molecule has 20 heavy (non-hydrogen) atoms. The van der Waals surface area contributed by atoms with Crippen molar-refractivity contribution in [2.24, 2.45) is 10.9 Å². The highest BCUT2D eigenvalue weighted by molar-refractivity contribution is 4.48. The minimum Gasteiger partial charge on any atom is -0.330 e. The summed E-state index contributed by atoms with van der Waals surface area (Å²) in [6.07, 6.45) is 17.8. The Morgan fingerprint density at radius 2 is 1.05 bits per heavy atom. The highest BCUT2D eigenvalue weighted by atomic mass is 16.3. The first kappa shape index (κ1) is 21.9. The van der Waals surface area contributed by atoms with Gasteiger partial charge in [0.05, 0.1) is 6.54 Å². The van der Waals surface area contributed by atoms with Crippen LogP contribution in [0.15, 0.2) is 5.18 Å². The van der Waals surface area contributed by atoms with Gasteiger partial charge in [-0.3, -0.25) is 0 Å². The van der Waals surface area contributed by atoms with Gasteiger partial charge in [0.15, 0.2) is 0 Å². The molecule has 0 spiro atoms. The molecular weight excluding hydrogens is 248 g/mol. The zero-order chi connectivity index (χ0) is 15.3. The number of nitrogens with two attached hydrogens (primary N) is 1. The molecule has 0 fully saturated rings. The Labute approximate surface area is 127 Å². The Hall–Kier alpha value is -0.440. The Morgan fingerprint density at radius 3 is 1.30 bits per heavy atom. The molecule has 0 heterocycles. The van der Waals surface area contributed by atoms with Crippen LogP contribution in [-0.4, -0.2) is 13.1 Å². The van der Waals surface area contributed by atoms with Crippen LogP contribution in [-0.2, 0) is 0 Å². The molecule has 0 saturated carbocycles. The monoisotopic (exact) mass is 286 g/mol. The summed E-state index contributed by atoms with van der Waals surface area (Å²) in [6, 6.07) is 0. The van der Waals surface area contributed by atoms with E-state index in [1.165, 1.54) is 77.0 Å². The molecule has 0 radical (unpaired) electrons. The van der Waals surface area contributed by atoms with E-state index in [9.17, 15) is 0 Å². The lowest BCUT2D eigenvalue weighted by molar-refractivity contribution is 0.545. The predicted molar refractivity (Wildman–Crippen MR) is 91.1 cm³/mol. The van der Waals surface area contributed by atoms with Crippen molar-refractivity contribution >= 4 is 0 Å². The maximum Gasteiger partial charge on any atom is 0.0808 e. The Balaban J connectivity index is 0. The van der Waals surface area contributed by atoms with Gasteiger partial charge in [0.1, 0.15) is 0 Å². The van der Waals surface area contributed by atoms with Crippen molar-refractivity contribution in [1.29, 1.82) is 0 Å². The number of hydrogen-bond acceptors (Lipinski definition) is 3. The quantitative estimate of drug-likeness (QED) is 0.323. The molecule has 2 N–H and O–H groups in total. The number of nitroso groups, excluding NO2 is 1. The fourth-order valence-corrected chi connectivity index (χ4v) is 2.08. The van der Waals surface area contributed by atoms with Crippen molar-refractivity contribution in [3.8, 4) is 0 Å². The van der Waals surface area contributed by atoms with Crippen LogP contribution in [0.4, 0.5) is 0 Å². The van der Waals surface area contributed by atoms with E-state index in [-0.39, 0.29) is 0 Å². The SMILES string of the molecule is CCCCCCCCCCCCCCN.CCCN=O. The smallest absolute Gasteiger partial charge is 0.0808 e. The molecule has 0 rings (SSSR count). The van der Waals surface area contributed by atoms with Crippen molar-refractivity contribution < 1.29 is 0 Å². The van der Waals surface area contributed by atoms with E-state index in [2.05, 4.69) is 12.1 Å². The van der Waals surface area contributed by atoms with E-state index in [1.54, 1.807) is 0 Å². The zero-order valence-corrected chi connectivity index (χ0v) is 14.0. The zero-order valence-electron chi connectivity index (χ0n) is 14.0. The summed E-state index contributed by atoms with van der Waals surface area (Å²) >= 11 is 0. The fourth-order valence-electron chi connectivity index (χ4n) is 2.08. The Bertz CT molecular complexity index is 151. The third kappa shape index (κ3) is 26.2. The van der Waals surface area contributed by atoms with Crippen LogP contribution >= 0.6 is 0 Å². The number of hydrogen-bond donors (Lipinski definition) is 1. The highest BCUT2D eigenvalue weighted by Crippen LogP contribution is 2.11. The second-order valence-electron chi connectivity index (χ2n) is 5.53. The van der Waals surface area contributed by atoms with Crippen LogP contribution in [0.25, 0.3) is 0 Å². The van der Waals surface area contributed by atoms with E-state index >= 15 is 0 Å². The summed E-state index contributed by atoms with van der Waals surface area (Å²) in [6.45, 7) is 5.53. The van der Waals surface area contributed by atoms with Gasteiger partial charge in [-0.2, -0.15) is 4.91 Å². The summed E-state index contributed by atoms with van der Waals surface area (Å²) in [5.41, 5.74) is 5.45. The number of rotatable bonds is 14. The third-order valence-corrected chi connectivity index (χ3v) is 3.37. The topological polar surface area (TPSA) is 55.4 Å². The normalized spacial score (nSPS) is 9.95. The summed E-state index contributed by atoms with van der Waals surface area (Å²) in [5.74, 6) is 0. The molecule has 0 aromatic rings. The van der Waals surface area contributed by atoms with Gasteiger partial charge in [-0.15, -0.1) is 0 Å². The molecule has 0 aromatic carbocycles. The third-order valence-electron chi connectivity index (χ3n) is 3.37. The molecule has 3 heteroatoms. The average Bonchev–Trinajstić information content (AvgIpc) is 2.46. The molecule has 0 aliphatic heterocycles. The minimum atomic E-state index is 0.458. The second kappa shape index (κ2) is 23.6. The molecule has 0 unspecified atom stereocenters. The first-order valence-corrected chi connectivity index (χ1v) is 8.82. The lowest BCUT2D eigenvalue weighted by Gasteiger charge is -2.01. The summed E-state index contributed by atoms with van der Waals surface area (Å²) in [4.78, 5) is 9.15. The van der Waals surface area contributed by atoms with E-state index in [0.29, 0.717) is 6.54 Å². The summed E-state index contributed by atoms with van der Waals surface area (Å²) in [7, 11) is 0. The summed E-state index contributed by atoms with van der Waals surface area (Å²) in [5, 5.41) is 2.60. The summed E-state index contributed by atoms with van der Waals surface area (Å²) < 4.78 is 0. The lowest BCUT2D eigenvalue weighted by Crippen LogP contribution is -1.97. The second-order valence-corrected chi connectivity index (χ2v) is 5.53. The van der Waals surface area contributed by atoms with Crippen LogP contribution < -0.4 is 5.73 Å². The standard InChI is InChI=1S/C14H31N.C3H7NO/c1-2-3-4-5-6-7-8-9-10-11-12-13-14-15;1-2-3-4-5/h2-15H2,1H3;2-3H2,1H3. The van der Waals surface area contributed by atoms with Crippen LogP contribution in [0.5, 0.6) is 0 Å². The van der Waals surface area contributed by atoms with Crippen LogP contribution in [0.2, 0.25) is 0 Å². The van der Waals surface area contributed by atoms with E-state index in [0.717, 1.165) is 13.0 Å². The van der Waals surface area contributed by atoms with Crippen molar-refractivity contribution in [2.75, 3.05) is 13.1 Å². The molecule has 0 saturated heterocycles. The molecular formula is C17H38N2O. The van der Waals surface area contributed by atoms with Crippen LogP contribution in [0, 0.1) is 4.91 Å². The molecule has 0 atom stereocenters. The van der Waals surface area contributed by atoms with Crippen LogP contribution in [0.1, 0.15) is 97.3 Å². The van der Waals surface area contributed by atoms with Gasteiger partial charge in [-0.25, -0.2) is 0 Å². The van der Waals surface area contributed by atoms with Crippen molar-refractivity contribution in [1.82, 2.24) is 0 Å². The predicted octanol–water partition coefficient (Wildman–Crippen LogP) is 5.81. The van der Waals surface area contributed by atoms with Gasteiger partial charge in [0.2, 0.25) is 0 Å². The molecule has 0 amide bonds. The molecule has 0 aromatic heterocycles. The van der Waals surface area contributed by atoms with Crippen molar-refractivity contribution in [3.63, 3.8) is 0 Å². The number of unbranched alkanes of at least 4 members (excludes halogenated alkanes) is 11. The van der Waals surface area contributed by atoms with E-state index in [4.69, 9.17) is 10.6 Å². The maximum absolute atomic E-state index is 9.15. The van der Waals surface area contributed by atoms with Crippen LogP contribution in [0.3, 0.4) is 0 Å². The molecule has 0 aliphatic carbocycles. The van der Waals surface area contributed by atoms with Gasteiger partial charge in [-0.05, 0) is 19.4 Å². The first-order valence-electron chi connectivity index (χ1n) is 8.82. The first-order chi connectivity index (χ1) is 9.83. The Kier molecular flexibility index (Phi) is 25.8. The molecule has 3 nitrogen and oxygen atoms in total. The van der Waals surface area contributed by atoms with Gasteiger partial charge in [0, 0.05) is 0 Å². The fraction of sp³-hybridized carbons (Fsp3) is 1.00. The van der Waals surface area contributed by atoms with Gasteiger partial charge < -0.3 is 5.73 Å². The van der Waals surface area contributed by atoms with Gasteiger partial charge >= 0.3 is 0 Å². The lowest BCUT2D eigenvalue weighted by atomic mass is 10.1. The maximum atomic E-state index is 9.15. The number of nitrogens with zero attached hydrogens (tertiary/aromatic N) is 1. The van der Waals surface area contributed by atoms with Gasteiger partial charge in [-0.1, -0.05) is 89.7 Å². The largest absolute Gasteiger partial charge is 0.330 e. The van der Waals surface area contributed by atoms with E-state index in [1.807, 2.05) is 6.92 Å². The van der Waals surface area contributed by atoms with Gasteiger partial charge in [0.25, 0.3) is 0 Å². The highest BCUT2D eigenvalue weighted by Gasteiger charge is 1.92. The molecule has 0 aliphatic rings. The minimum absolute atomic E-state index is 0.458. The van der Waals surface area contributed by atoms with E-state index < -0.39 is 0 Å². The molecule has 0 bridgehead atoms. The van der Waals surface area contributed by atoms with Crippen molar-refractivity contribution in [3.05, 3.63) is 4.91 Å². The average molecular weight is 287 g/mol. The Morgan fingerprint density at radius 1 is 0.650 bits per heavy atom. The van der Waals surface area contributed by atoms with Crippen molar-refractivity contribution in [2.45, 2.75) is 97.3 Å².